The summed E-state index contributed by atoms with van der Waals surface area (Å²) in [6, 6.07) is 0. The first-order valence-electron chi connectivity index (χ1n) is 10.2. The molecule has 3 aliphatic heterocycles. The zero-order valence-corrected chi connectivity index (χ0v) is 17.1. The molecule has 0 bridgehead atoms. The average Bonchev–Trinajstić information content (AvgIpc) is 2.98. The molecule has 3 rings (SSSR count). The van der Waals surface area contributed by atoms with Gasteiger partial charge in [-0.15, -0.1) is 0 Å². The van der Waals surface area contributed by atoms with Gasteiger partial charge in [-0.1, -0.05) is 32.6 Å². The summed E-state index contributed by atoms with van der Waals surface area (Å²) < 4.78 is 0. The first kappa shape index (κ1) is 20.4. The summed E-state index contributed by atoms with van der Waals surface area (Å²) in [6.07, 6.45) is 5.79. The lowest BCUT2D eigenvalue weighted by atomic mass is 10.1. The molecule has 1 saturated heterocycles. The van der Waals surface area contributed by atoms with E-state index in [4.69, 9.17) is 0 Å². The minimum Gasteiger partial charge on any atom is -0.367 e. The van der Waals surface area contributed by atoms with Crippen LogP contribution in [-0.2, 0) is 9.59 Å². The van der Waals surface area contributed by atoms with Crippen molar-refractivity contribution in [2.75, 3.05) is 33.2 Å². The monoisotopic (exact) mass is 386 g/mol. The Kier molecular flexibility index (Phi) is 6.72. The van der Waals surface area contributed by atoms with Crippen molar-refractivity contribution in [3.63, 3.8) is 0 Å². The normalized spacial score (nSPS) is 20.0. The maximum absolute atomic E-state index is 12.7. The van der Waals surface area contributed by atoms with E-state index in [-0.39, 0.29) is 17.8 Å². The molecule has 0 aliphatic carbocycles. The minimum atomic E-state index is -0.377. The Morgan fingerprint density at radius 2 is 1.75 bits per heavy atom. The van der Waals surface area contributed by atoms with E-state index in [0.29, 0.717) is 17.8 Å². The molecular weight excluding hydrogens is 356 g/mol. The Morgan fingerprint density at radius 1 is 1.04 bits per heavy atom. The van der Waals surface area contributed by atoms with Crippen molar-refractivity contribution in [3.8, 4) is 0 Å². The summed E-state index contributed by atoms with van der Waals surface area (Å²) >= 11 is 0. The van der Waals surface area contributed by atoms with Crippen molar-refractivity contribution in [2.45, 2.75) is 52.4 Å². The van der Waals surface area contributed by atoms with Crippen LogP contribution in [0.5, 0.6) is 0 Å². The molecule has 0 saturated carbocycles. The third-order valence-electron chi connectivity index (χ3n) is 5.29. The Balaban J connectivity index is 1.64. The van der Waals surface area contributed by atoms with Crippen LogP contribution in [0.4, 0.5) is 0 Å². The fourth-order valence-corrected chi connectivity index (χ4v) is 3.66. The number of hydrogen-bond acceptors (Lipinski definition) is 6. The number of likely N-dealkylation sites (N-methyl/N-ethyl adjacent to an activating group) is 1. The Hall–Kier alpha value is -2.35. The number of amidine groups is 1. The second kappa shape index (κ2) is 9.23. The van der Waals surface area contributed by atoms with Gasteiger partial charge in [-0.3, -0.25) is 14.9 Å². The van der Waals surface area contributed by atoms with Crippen molar-refractivity contribution in [3.05, 3.63) is 11.3 Å². The maximum atomic E-state index is 12.7. The minimum absolute atomic E-state index is 0.0542. The van der Waals surface area contributed by atoms with Crippen LogP contribution in [-0.4, -0.2) is 72.3 Å². The van der Waals surface area contributed by atoms with Gasteiger partial charge in [0.15, 0.2) is 5.84 Å². The number of fused-ring (bicyclic) bond motifs is 1. The molecule has 0 aromatic rings. The molecule has 3 aliphatic rings. The van der Waals surface area contributed by atoms with Gasteiger partial charge in [0.25, 0.3) is 5.91 Å². The van der Waals surface area contributed by atoms with Crippen LogP contribution >= 0.6 is 0 Å². The molecule has 0 aromatic carbocycles. The van der Waals surface area contributed by atoms with E-state index in [0.717, 1.165) is 56.9 Å². The predicted octanol–water partition coefficient (Wildman–Crippen LogP) is 1.73. The van der Waals surface area contributed by atoms with Gasteiger partial charge in [0.2, 0.25) is 11.9 Å². The predicted molar refractivity (Wildman–Crippen MR) is 111 cm³/mol. The van der Waals surface area contributed by atoms with Crippen LogP contribution < -0.4 is 5.32 Å². The average molecular weight is 387 g/mol. The number of rotatable bonds is 7. The van der Waals surface area contributed by atoms with E-state index >= 15 is 0 Å². The first-order valence-corrected chi connectivity index (χ1v) is 10.2. The van der Waals surface area contributed by atoms with Gasteiger partial charge in [0.05, 0.1) is 11.4 Å². The molecule has 0 atom stereocenters. The van der Waals surface area contributed by atoms with Crippen LogP contribution in [0.15, 0.2) is 26.2 Å². The van der Waals surface area contributed by atoms with Crippen molar-refractivity contribution in [1.82, 2.24) is 15.1 Å². The summed E-state index contributed by atoms with van der Waals surface area (Å²) in [4.78, 5) is 42.0. The van der Waals surface area contributed by atoms with Crippen LogP contribution in [0.2, 0.25) is 0 Å². The lowest BCUT2D eigenvalue weighted by molar-refractivity contribution is -0.119. The van der Waals surface area contributed by atoms with Crippen LogP contribution in [0.25, 0.3) is 0 Å². The van der Waals surface area contributed by atoms with Crippen molar-refractivity contribution < 1.29 is 9.59 Å². The smallest absolute Gasteiger partial charge is 0.286 e. The summed E-state index contributed by atoms with van der Waals surface area (Å²) in [5.74, 6) is -0.112. The fraction of sp³-hybridized carbons (Fsp3) is 0.650. The molecule has 8 heteroatoms. The topological polar surface area (TPSA) is 89.7 Å². The molecule has 28 heavy (non-hydrogen) atoms. The molecule has 2 amide bonds. The Labute approximate surface area is 166 Å². The number of guanidine groups is 1. The zero-order chi connectivity index (χ0) is 20.1. The van der Waals surface area contributed by atoms with Gasteiger partial charge in [-0.25, -0.2) is 4.99 Å². The molecule has 8 nitrogen and oxygen atoms in total. The quantitative estimate of drug-likeness (QED) is 0.675. The van der Waals surface area contributed by atoms with Gasteiger partial charge in [0, 0.05) is 32.6 Å². The number of carbonyl (C=O) groups is 2. The first-order chi connectivity index (χ1) is 13.5. The van der Waals surface area contributed by atoms with E-state index in [1.54, 1.807) is 0 Å². The van der Waals surface area contributed by atoms with Crippen molar-refractivity contribution in [1.29, 1.82) is 0 Å². The number of amides is 2. The number of allylic oxidation sites excluding steroid dienone is 1. The van der Waals surface area contributed by atoms with Crippen LogP contribution in [0.1, 0.15) is 52.4 Å². The number of piperazine rings is 1. The molecule has 0 aromatic heterocycles. The third-order valence-corrected chi connectivity index (χ3v) is 5.29. The molecule has 0 unspecified atom stereocenters. The lowest BCUT2D eigenvalue weighted by Gasteiger charge is -2.35. The van der Waals surface area contributed by atoms with Crippen LogP contribution in [0, 0.1) is 0 Å². The highest BCUT2D eigenvalue weighted by Crippen LogP contribution is 2.26. The standard InChI is InChI=1S/C20H30N6O2/c1-4-5-6-7-8-9-15(27)22-20-23-18-16(19(28)24-20)17(14(2)21-18)26-12-10-25(3)11-13-26/h4-13H2,1-3H3,(H,22,24,27,28). The highest BCUT2D eigenvalue weighted by atomic mass is 16.2. The number of hydrogen-bond donors (Lipinski definition) is 1. The van der Waals surface area contributed by atoms with E-state index in [2.05, 4.69) is 44.1 Å². The second-order valence-corrected chi connectivity index (χ2v) is 7.60. The number of carbonyl (C=O) groups excluding carboxylic acids is 2. The fourth-order valence-electron chi connectivity index (χ4n) is 3.66. The number of unbranched alkanes of at least 4 members (excludes halogenated alkanes) is 4. The highest BCUT2D eigenvalue weighted by Gasteiger charge is 2.35. The van der Waals surface area contributed by atoms with Gasteiger partial charge in [-0.2, -0.15) is 9.98 Å². The maximum Gasteiger partial charge on any atom is 0.286 e. The molecule has 0 spiro atoms. The zero-order valence-electron chi connectivity index (χ0n) is 17.1. The lowest BCUT2D eigenvalue weighted by Crippen LogP contribution is -2.45. The number of aliphatic imine (C=N–C) groups is 3. The van der Waals surface area contributed by atoms with Gasteiger partial charge >= 0.3 is 0 Å². The van der Waals surface area contributed by atoms with Crippen LogP contribution in [0.3, 0.4) is 0 Å². The van der Waals surface area contributed by atoms with Gasteiger partial charge in [-0.05, 0) is 20.4 Å². The summed E-state index contributed by atoms with van der Waals surface area (Å²) in [5.41, 5.74) is 2.08. The van der Waals surface area contributed by atoms with E-state index in [1.807, 2.05) is 6.92 Å². The largest absolute Gasteiger partial charge is 0.367 e. The third kappa shape index (κ3) is 4.73. The Morgan fingerprint density at radius 3 is 2.46 bits per heavy atom. The van der Waals surface area contributed by atoms with E-state index < -0.39 is 0 Å². The van der Waals surface area contributed by atoms with Gasteiger partial charge in [0.1, 0.15) is 5.57 Å². The molecular formula is C20H30N6O2. The summed E-state index contributed by atoms with van der Waals surface area (Å²) in [7, 11) is 2.09. The Bertz CT molecular complexity index is 757. The summed E-state index contributed by atoms with van der Waals surface area (Å²) in [5, 5.41) is 2.66. The second-order valence-electron chi connectivity index (χ2n) is 7.60. The highest BCUT2D eigenvalue weighted by molar-refractivity contribution is 6.37. The van der Waals surface area contributed by atoms with E-state index in [1.165, 1.54) is 12.8 Å². The van der Waals surface area contributed by atoms with Gasteiger partial charge < -0.3 is 9.80 Å². The molecule has 1 fully saturated rings. The van der Waals surface area contributed by atoms with Crippen molar-refractivity contribution in [2.24, 2.45) is 15.0 Å². The molecule has 152 valence electrons. The number of nitrogens with zero attached hydrogens (tertiary/aromatic N) is 5. The molecule has 3 heterocycles. The van der Waals surface area contributed by atoms with Crippen molar-refractivity contribution >= 4 is 29.3 Å². The van der Waals surface area contributed by atoms with E-state index in [9.17, 15) is 9.59 Å². The SMILES string of the molecule is CCCCCCCC(=O)NC1=NC(=O)C2=C(N3CCN(C)CC3)C(C)=NC2=N1. The molecule has 1 N–H and O–H groups in total. The summed E-state index contributed by atoms with van der Waals surface area (Å²) in [6.45, 7) is 7.61. The molecule has 0 radical (unpaired) electrons. The number of nitrogens with one attached hydrogen (secondary N) is 1.